The van der Waals surface area contributed by atoms with Crippen molar-refractivity contribution in [2.45, 2.75) is 18.8 Å². The molecule has 1 heterocycles. The molecule has 0 amide bonds. The van der Waals surface area contributed by atoms with Crippen molar-refractivity contribution in [3.63, 3.8) is 0 Å². The second kappa shape index (κ2) is 4.04. The number of nitrogens with zero attached hydrogens (tertiary/aromatic N) is 3. The average Bonchev–Trinajstić information content (AvgIpc) is 3.14. The largest absolute Gasteiger partial charge is 0.368 e. The van der Waals surface area contributed by atoms with Crippen molar-refractivity contribution < 1.29 is 0 Å². The van der Waals surface area contributed by atoms with Crippen LogP contribution in [0.3, 0.4) is 0 Å². The maximum absolute atomic E-state index is 9.06. The quantitative estimate of drug-likeness (QED) is 0.759. The number of hydrogen-bond donors (Lipinski definition) is 3. The topological polar surface area (TPSA) is 103 Å². The van der Waals surface area contributed by atoms with E-state index >= 15 is 0 Å². The van der Waals surface area contributed by atoms with Gasteiger partial charge in [-0.2, -0.15) is 10.2 Å². The molecule has 4 N–H and O–H groups in total. The maximum atomic E-state index is 9.06. The molecular weight excluding hydrogens is 228 g/mol. The van der Waals surface area contributed by atoms with Crippen LogP contribution in [0.2, 0.25) is 0 Å². The molecule has 1 aliphatic rings. The summed E-state index contributed by atoms with van der Waals surface area (Å²) in [5.74, 6) is 1.23. The zero-order valence-electron chi connectivity index (χ0n) is 9.64. The van der Waals surface area contributed by atoms with Crippen molar-refractivity contribution >= 4 is 17.6 Å². The third-order valence-corrected chi connectivity index (χ3v) is 2.95. The van der Waals surface area contributed by atoms with Crippen LogP contribution in [0.5, 0.6) is 0 Å². The van der Waals surface area contributed by atoms with Gasteiger partial charge in [-0.25, -0.2) is 5.10 Å². The van der Waals surface area contributed by atoms with Gasteiger partial charge in [-0.1, -0.05) is 0 Å². The van der Waals surface area contributed by atoms with Crippen molar-refractivity contribution in [3.8, 4) is 6.07 Å². The van der Waals surface area contributed by atoms with Crippen LogP contribution in [-0.4, -0.2) is 15.2 Å². The van der Waals surface area contributed by atoms with Crippen LogP contribution in [-0.2, 0) is 0 Å². The lowest BCUT2D eigenvalue weighted by molar-refractivity contribution is 1.09. The Hall–Kier alpha value is -2.55. The Kier molecular flexibility index (Phi) is 2.38. The first-order valence-corrected chi connectivity index (χ1v) is 5.75. The Morgan fingerprint density at radius 2 is 2.28 bits per heavy atom. The van der Waals surface area contributed by atoms with E-state index in [1.807, 2.05) is 18.2 Å². The predicted molar refractivity (Wildman–Crippen MR) is 67.2 cm³/mol. The molecule has 0 aliphatic heterocycles. The Balaban J connectivity index is 1.89. The van der Waals surface area contributed by atoms with Crippen LogP contribution in [0.1, 0.15) is 29.9 Å². The molecular formula is C12H12N6. The summed E-state index contributed by atoms with van der Waals surface area (Å²) in [5, 5.41) is 18.6. The first-order chi connectivity index (χ1) is 8.76. The summed E-state index contributed by atoms with van der Waals surface area (Å²) >= 11 is 0. The Morgan fingerprint density at radius 1 is 1.44 bits per heavy atom. The van der Waals surface area contributed by atoms with E-state index < -0.39 is 0 Å². The van der Waals surface area contributed by atoms with Crippen LogP contribution in [0.25, 0.3) is 0 Å². The molecule has 1 fully saturated rings. The monoisotopic (exact) mass is 240 g/mol. The first kappa shape index (κ1) is 10.6. The highest BCUT2D eigenvalue weighted by Gasteiger charge is 2.26. The van der Waals surface area contributed by atoms with Crippen LogP contribution >= 0.6 is 0 Å². The minimum absolute atomic E-state index is 0.272. The van der Waals surface area contributed by atoms with E-state index in [9.17, 15) is 0 Å². The standard InChI is InChI=1S/C12H12N6/c13-6-8-3-4-9(5-10(8)7-1-2-7)15-12-16-11(14)17-18-12/h3-5,7H,1-2H2,(H4,14,15,16,17,18). The molecule has 1 aromatic heterocycles. The summed E-state index contributed by atoms with van der Waals surface area (Å²) in [5.41, 5.74) is 8.17. The summed E-state index contributed by atoms with van der Waals surface area (Å²) in [6.07, 6.45) is 2.32. The number of nitrogen functional groups attached to an aromatic ring is 1. The van der Waals surface area contributed by atoms with Gasteiger partial charge in [0.1, 0.15) is 0 Å². The highest BCUT2D eigenvalue weighted by Crippen LogP contribution is 2.42. The van der Waals surface area contributed by atoms with Crippen LogP contribution in [0, 0.1) is 11.3 Å². The lowest BCUT2D eigenvalue weighted by Crippen LogP contribution is -1.95. The van der Waals surface area contributed by atoms with E-state index in [4.69, 9.17) is 11.0 Å². The van der Waals surface area contributed by atoms with Crippen LogP contribution in [0.4, 0.5) is 17.6 Å². The lowest BCUT2D eigenvalue weighted by atomic mass is 10.0. The van der Waals surface area contributed by atoms with Gasteiger partial charge in [0.15, 0.2) is 0 Å². The average molecular weight is 240 g/mol. The molecule has 0 radical (unpaired) electrons. The third-order valence-electron chi connectivity index (χ3n) is 2.95. The number of nitriles is 1. The second-order valence-corrected chi connectivity index (χ2v) is 4.36. The molecule has 0 spiro atoms. The summed E-state index contributed by atoms with van der Waals surface area (Å²) in [6.45, 7) is 0. The molecule has 0 atom stereocenters. The summed E-state index contributed by atoms with van der Waals surface area (Å²) in [7, 11) is 0. The fourth-order valence-corrected chi connectivity index (χ4v) is 1.93. The number of nitrogens with one attached hydrogen (secondary N) is 2. The van der Waals surface area contributed by atoms with Crippen molar-refractivity contribution in [1.82, 2.24) is 15.2 Å². The fraction of sp³-hybridized carbons (Fsp3) is 0.250. The minimum atomic E-state index is 0.272. The van der Waals surface area contributed by atoms with Crippen LogP contribution in [0.15, 0.2) is 18.2 Å². The number of rotatable bonds is 3. The molecule has 0 unspecified atom stereocenters. The number of aromatic nitrogens is 3. The highest BCUT2D eigenvalue weighted by molar-refractivity contribution is 5.59. The maximum Gasteiger partial charge on any atom is 0.248 e. The smallest absolute Gasteiger partial charge is 0.248 e. The highest BCUT2D eigenvalue weighted by atomic mass is 15.3. The Bertz CT molecular complexity index is 620. The molecule has 6 nitrogen and oxygen atoms in total. The number of H-pyrrole nitrogens is 1. The van der Waals surface area contributed by atoms with E-state index in [1.54, 1.807) is 0 Å². The molecule has 6 heteroatoms. The van der Waals surface area contributed by atoms with E-state index in [0.717, 1.165) is 29.7 Å². The lowest BCUT2D eigenvalue weighted by Gasteiger charge is -2.06. The SMILES string of the molecule is N#Cc1ccc(Nc2n[nH]c(N)n2)cc1C1CC1. The van der Waals surface area contributed by atoms with Gasteiger partial charge in [-0.05, 0) is 42.5 Å². The normalized spacial score (nSPS) is 14.2. The van der Waals surface area contributed by atoms with Crippen molar-refractivity contribution in [1.29, 1.82) is 5.26 Å². The van der Waals surface area contributed by atoms with Gasteiger partial charge < -0.3 is 11.1 Å². The summed E-state index contributed by atoms with van der Waals surface area (Å²) in [6, 6.07) is 7.89. The molecule has 1 aromatic carbocycles. The molecule has 0 bridgehead atoms. The van der Waals surface area contributed by atoms with E-state index in [1.165, 1.54) is 0 Å². The zero-order valence-corrected chi connectivity index (χ0v) is 9.64. The van der Waals surface area contributed by atoms with Crippen molar-refractivity contribution in [2.24, 2.45) is 0 Å². The molecule has 1 saturated carbocycles. The van der Waals surface area contributed by atoms with E-state index in [0.29, 0.717) is 11.9 Å². The number of nitrogens with two attached hydrogens (primary N) is 1. The molecule has 90 valence electrons. The second-order valence-electron chi connectivity index (χ2n) is 4.36. The number of aromatic amines is 1. The van der Waals surface area contributed by atoms with E-state index in [-0.39, 0.29) is 5.95 Å². The fourth-order valence-electron chi connectivity index (χ4n) is 1.93. The predicted octanol–water partition coefficient (Wildman–Crippen LogP) is 1.88. The van der Waals surface area contributed by atoms with Crippen molar-refractivity contribution in [3.05, 3.63) is 29.3 Å². The molecule has 0 saturated heterocycles. The summed E-state index contributed by atoms with van der Waals surface area (Å²) < 4.78 is 0. The minimum Gasteiger partial charge on any atom is -0.368 e. The van der Waals surface area contributed by atoms with Crippen LogP contribution < -0.4 is 11.1 Å². The number of hydrogen-bond acceptors (Lipinski definition) is 5. The van der Waals surface area contributed by atoms with Gasteiger partial charge in [0.2, 0.25) is 11.9 Å². The molecule has 18 heavy (non-hydrogen) atoms. The molecule has 2 aromatic rings. The van der Waals surface area contributed by atoms with Gasteiger partial charge in [0.25, 0.3) is 0 Å². The molecule has 1 aliphatic carbocycles. The van der Waals surface area contributed by atoms with Crippen molar-refractivity contribution in [2.75, 3.05) is 11.1 Å². The Labute approximate surface area is 104 Å². The first-order valence-electron chi connectivity index (χ1n) is 5.75. The van der Waals surface area contributed by atoms with Gasteiger partial charge in [-0.3, -0.25) is 0 Å². The van der Waals surface area contributed by atoms with Gasteiger partial charge in [0.05, 0.1) is 11.6 Å². The molecule has 3 rings (SSSR count). The van der Waals surface area contributed by atoms with Gasteiger partial charge in [-0.15, -0.1) is 5.10 Å². The third kappa shape index (κ3) is 1.98. The summed E-state index contributed by atoms with van der Waals surface area (Å²) in [4.78, 5) is 3.97. The van der Waals surface area contributed by atoms with Gasteiger partial charge >= 0.3 is 0 Å². The van der Waals surface area contributed by atoms with E-state index in [2.05, 4.69) is 26.6 Å². The zero-order chi connectivity index (χ0) is 12.5. The number of benzene rings is 1. The number of anilines is 3. The van der Waals surface area contributed by atoms with Gasteiger partial charge in [0, 0.05) is 5.69 Å². The Morgan fingerprint density at radius 3 is 2.89 bits per heavy atom.